The molecule has 2 aliphatic heterocycles. The maximum atomic E-state index is 5.92. The molecule has 4 rings (SSSR count). The number of hydrogen-bond donors (Lipinski definition) is 1. The fourth-order valence-electron chi connectivity index (χ4n) is 3.56. The van der Waals surface area contributed by atoms with Gasteiger partial charge in [0.15, 0.2) is 0 Å². The molecule has 0 spiro atoms. The lowest BCUT2D eigenvalue weighted by molar-refractivity contribution is 0.107. The van der Waals surface area contributed by atoms with Gasteiger partial charge in [0.25, 0.3) is 0 Å². The number of aryl methyl sites for hydroxylation is 1. The van der Waals surface area contributed by atoms with Crippen LogP contribution in [0.25, 0.3) is 5.69 Å². The van der Waals surface area contributed by atoms with Gasteiger partial charge in [-0.3, -0.25) is 0 Å². The van der Waals surface area contributed by atoms with Gasteiger partial charge in [-0.1, -0.05) is 18.2 Å². The maximum absolute atomic E-state index is 5.92. The van der Waals surface area contributed by atoms with Crippen LogP contribution in [0.5, 0.6) is 0 Å². The van der Waals surface area contributed by atoms with Crippen molar-refractivity contribution >= 4 is 5.82 Å². The van der Waals surface area contributed by atoms with Crippen molar-refractivity contribution in [3.63, 3.8) is 0 Å². The third-order valence-corrected chi connectivity index (χ3v) is 4.74. The molecule has 0 aliphatic carbocycles. The predicted molar refractivity (Wildman–Crippen MR) is 87.7 cm³/mol. The Bertz CT molecular complexity index is 671. The predicted octanol–water partition coefficient (Wildman–Crippen LogP) is 3.78. The van der Waals surface area contributed by atoms with Gasteiger partial charge in [0.1, 0.15) is 11.9 Å². The summed E-state index contributed by atoms with van der Waals surface area (Å²) in [5, 5.41) is 8.58. The van der Waals surface area contributed by atoms with E-state index in [1.807, 2.05) is 0 Å². The molecule has 3 heterocycles. The smallest absolute Gasteiger partial charge is 0.133 e. The summed E-state index contributed by atoms with van der Waals surface area (Å²) in [6.45, 7) is 4.03. The fourth-order valence-corrected chi connectivity index (χ4v) is 3.56. The molecule has 0 radical (unpaired) electrons. The zero-order valence-electron chi connectivity index (χ0n) is 13.1. The van der Waals surface area contributed by atoms with Crippen LogP contribution in [0.15, 0.2) is 24.3 Å². The zero-order chi connectivity index (χ0) is 14.9. The SMILES string of the molecule is Cc1ccccc1-n1nc(C2CCCO2)c2c1NCCCC2. The van der Waals surface area contributed by atoms with Crippen LogP contribution in [0.4, 0.5) is 5.82 Å². The molecule has 2 aromatic rings. The summed E-state index contributed by atoms with van der Waals surface area (Å²) in [7, 11) is 0. The van der Waals surface area contributed by atoms with Crippen LogP contribution in [0, 0.1) is 6.92 Å². The molecule has 1 atom stereocenters. The van der Waals surface area contributed by atoms with Crippen molar-refractivity contribution < 1.29 is 4.74 Å². The van der Waals surface area contributed by atoms with E-state index < -0.39 is 0 Å². The van der Waals surface area contributed by atoms with Gasteiger partial charge < -0.3 is 10.1 Å². The molecule has 116 valence electrons. The Balaban J connectivity index is 1.86. The first-order valence-electron chi connectivity index (χ1n) is 8.38. The van der Waals surface area contributed by atoms with Crippen LogP contribution in [0.3, 0.4) is 0 Å². The molecule has 1 fully saturated rings. The van der Waals surface area contributed by atoms with E-state index in [0.29, 0.717) is 0 Å². The number of benzene rings is 1. The van der Waals surface area contributed by atoms with Gasteiger partial charge in [-0.05, 0) is 50.7 Å². The van der Waals surface area contributed by atoms with Crippen LogP contribution in [0.2, 0.25) is 0 Å². The molecule has 4 heteroatoms. The zero-order valence-corrected chi connectivity index (χ0v) is 13.1. The summed E-state index contributed by atoms with van der Waals surface area (Å²) in [6, 6.07) is 8.45. The van der Waals surface area contributed by atoms with Crippen LogP contribution < -0.4 is 5.32 Å². The second kappa shape index (κ2) is 5.76. The minimum Gasteiger partial charge on any atom is -0.372 e. The Morgan fingerprint density at radius 2 is 2.14 bits per heavy atom. The molecule has 1 saturated heterocycles. The van der Waals surface area contributed by atoms with Gasteiger partial charge in [0.2, 0.25) is 0 Å². The normalized spacial score (nSPS) is 21.2. The number of para-hydroxylation sites is 1. The highest BCUT2D eigenvalue weighted by molar-refractivity contribution is 5.56. The topological polar surface area (TPSA) is 39.1 Å². The molecular weight excluding hydrogens is 274 g/mol. The van der Waals surface area contributed by atoms with E-state index in [1.54, 1.807) is 0 Å². The fraction of sp³-hybridized carbons (Fsp3) is 0.500. The van der Waals surface area contributed by atoms with E-state index in [-0.39, 0.29) is 6.10 Å². The number of anilines is 1. The Hall–Kier alpha value is -1.81. The van der Waals surface area contributed by atoms with E-state index in [2.05, 4.69) is 41.2 Å². The average molecular weight is 297 g/mol. The molecule has 1 aromatic heterocycles. The second-order valence-corrected chi connectivity index (χ2v) is 6.30. The molecule has 0 saturated carbocycles. The minimum atomic E-state index is 0.180. The molecule has 1 aromatic carbocycles. The number of fused-ring (bicyclic) bond motifs is 1. The Morgan fingerprint density at radius 1 is 1.23 bits per heavy atom. The summed E-state index contributed by atoms with van der Waals surface area (Å²) < 4.78 is 8.03. The molecular formula is C18H23N3O. The van der Waals surface area contributed by atoms with Crippen LogP contribution in [0.1, 0.15) is 48.6 Å². The van der Waals surface area contributed by atoms with Gasteiger partial charge >= 0.3 is 0 Å². The van der Waals surface area contributed by atoms with Crippen LogP contribution >= 0.6 is 0 Å². The highest BCUT2D eigenvalue weighted by Gasteiger charge is 2.28. The maximum Gasteiger partial charge on any atom is 0.133 e. The van der Waals surface area contributed by atoms with Gasteiger partial charge in [0.05, 0.1) is 11.4 Å². The van der Waals surface area contributed by atoms with E-state index in [0.717, 1.165) is 43.8 Å². The Kier molecular flexibility index (Phi) is 3.62. The number of nitrogens with zero attached hydrogens (tertiary/aromatic N) is 2. The molecule has 2 aliphatic rings. The van der Waals surface area contributed by atoms with Crippen molar-refractivity contribution in [2.24, 2.45) is 0 Å². The second-order valence-electron chi connectivity index (χ2n) is 6.30. The Labute approximate surface area is 131 Å². The van der Waals surface area contributed by atoms with E-state index in [1.165, 1.54) is 29.8 Å². The average Bonchev–Trinajstić information content (AvgIpc) is 3.10. The minimum absolute atomic E-state index is 0.180. The van der Waals surface area contributed by atoms with Crippen molar-refractivity contribution in [3.05, 3.63) is 41.1 Å². The van der Waals surface area contributed by atoms with Crippen molar-refractivity contribution in [3.8, 4) is 5.69 Å². The van der Waals surface area contributed by atoms with E-state index in [9.17, 15) is 0 Å². The molecule has 22 heavy (non-hydrogen) atoms. The third-order valence-electron chi connectivity index (χ3n) is 4.74. The van der Waals surface area contributed by atoms with Gasteiger partial charge in [-0.15, -0.1) is 0 Å². The van der Waals surface area contributed by atoms with E-state index >= 15 is 0 Å². The first kappa shape index (κ1) is 13.8. The number of nitrogens with one attached hydrogen (secondary N) is 1. The summed E-state index contributed by atoms with van der Waals surface area (Å²) in [4.78, 5) is 0. The third kappa shape index (κ3) is 2.31. The van der Waals surface area contributed by atoms with E-state index in [4.69, 9.17) is 9.84 Å². The largest absolute Gasteiger partial charge is 0.372 e. The summed E-state index contributed by atoms with van der Waals surface area (Å²) in [5.41, 5.74) is 4.94. The van der Waals surface area contributed by atoms with Gasteiger partial charge in [-0.25, -0.2) is 4.68 Å². The first-order valence-corrected chi connectivity index (χ1v) is 8.38. The lowest BCUT2D eigenvalue weighted by Crippen LogP contribution is -2.08. The molecule has 4 nitrogen and oxygen atoms in total. The monoisotopic (exact) mass is 297 g/mol. The van der Waals surface area contributed by atoms with Crippen molar-refractivity contribution in [2.75, 3.05) is 18.5 Å². The van der Waals surface area contributed by atoms with Crippen LogP contribution in [-0.4, -0.2) is 22.9 Å². The number of ether oxygens (including phenoxy) is 1. The lowest BCUT2D eigenvalue weighted by atomic mass is 10.0. The number of rotatable bonds is 2. The molecule has 0 bridgehead atoms. The lowest BCUT2D eigenvalue weighted by Gasteiger charge is -2.11. The molecule has 1 N–H and O–H groups in total. The quantitative estimate of drug-likeness (QED) is 0.917. The summed E-state index contributed by atoms with van der Waals surface area (Å²) in [6.07, 6.45) is 5.95. The summed E-state index contributed by atoms with van der Waals surface area (Å²) in [5.74, 6) is 1.18. The van der Waals surface area contributed by atoms with Crippen molar-refractivity contribution in [1.82, 2.24) is 9.78 Å². The highest BCUT2D eigenvalue weighted by Crippen LogP contribution is 2.36. The molecule has 0 amide bonds. The number of hydrogen-bond acceptors (Lipinski definition) is 3. The summed E-state index contributed by atoms with van der Waals surface area (Å²) >= 11 is 0. The van der Waals surface area contributed by atoms with Gasteiger partial charge in [-0.2, -0.15) is 5.10 Å². The van der Waals surface area contributed by atoms with Crippen LogP contribution in [-0.2, 0) is 11.2 Å². The number of aromatic nitrogens is 2. The van der Waals surface area contributed by atoms with Gasteiger partial charge in [0, 0.05) is 18.7 Å². The first-order chi connectivity index (χ1) is 10.8. The van der Waals surface area contributed by atoms with Crippen molar-refractivity contribution in [2.45, 2.75) is 45.1 Å². The highest BCUT2D eigenvalue weighted by atomic mass is 16.5. The standard InChI is InChI=1S/C18H23N3O/c1-13-7-2-3-9-15(13)21-18-14(8-4-5-11-19-18)17(20-21)16-10-6-12-22-16/h2-3,7,9,16,19H,4-6,8,10-12H2,1H3. The molecule has 1 unspecified atom stereocenters. The van der Waals surface area contributed by atoms with Crippen molar-refractivity contribution in [1.29, 1.82) is 0 Å². The Morgan fingerprint density at radius 3 is 2.95 bits per heavy atom.